The molecule has 0 saturated carbocycles. The van der Waals surface area contributed by atoms with Crippen molar-refractivity contribution in [3.8, 4) is 0 Å². The molecule has 0 fully saturated rings. The molecular weight excluding hydrogens is 269 g/mol. The first kappa shape index (κ1) is 15.8. The van der Waals surface area contributed by atoms with E-state index in [-0.39, 0.29) is 5.38 Å². The molecule has 3 nitrogen and oxygen atoms in total. The van der Waals surface area contributed by atoms with Crippen LogP contribution in [0.1, 0.15) is 38.1 Å². The Morgan fingerprint density at radius 3 is 2.39 bits per heavy atom. The summed E-state index contributed by atoms with van der Waals surface area (Å²) in [4.78, 5) is 0. The third-order valence-corrected chi connectivity index (χ3v) is 4.46. The Balaban J connectivity index is 2.46. The smallest absolute Gasteiger partial charge is 0.0860 e. The molecule has 1 heterocycles. The lowest BCUT2D eigenvalue weighted by Crippen LogP contribution is -2.29. The van der Waals surface area contributed by atoms with E-state index >= 15 is 0 Å². The zero-order valence-electron chi connectivity index (χ0n) is 11.6. The van der Waals surface area contributed by atoms with Gasteiger partial charge < -0.3 is 5.32 Å². The molecule has 0 saturated heterocycles. The van der Waals surface area contributed by atoms with Crippen molar-refractivity contribution in [2.24, 2.45) is 13.0 Å². The van der Waals surface area contributed by atoms with Crippen molar-refractivity contribution in [1.29, 1.82) is 0 Å². The summed E-state index contributed by atoms with van der Waals surface area (Å²) in [5.74, 6) is 0.572. The Hall–Kier alpha value is -0.250. The molecule has 0 aromatic carbocycles. The second-order valence-electron chi connectivity index (χ2n) is 4.69. The van der Waals surface area contributed by atoms with Crippen molar-refractivity contribution in [2.45, 2.75) is 45.5 Å². The first-order chi connectivity index (χ1) is 8.51. The van der Waals surface area contributed by atoms with Crippen molar-refractivity contribution < 1.29 is 0 Å². The van der Waals surface area contributed by atoms with Crippen molar-refractivity contribution in [3.63, 3.8) is 0 Å². The summed E-state index contributed by atoms with van der Waals surface area (Å²) in [5.41, 5.74) is 1.89. The van der Waals surface area contributed by atoms with E-state index < -0.39 is 0 Å². The number of aryl methyl sites for hydroxylation is 2. The van der Waals surface area contributed by atoms with Crippen LogP contribution in [0.15, 0.2) is 0 Å². The predicted octanol–water partition coefficient (Wildman–Crippen LogP) is 3.52. The van der Waals surface area contributed by atoms with Gasteiger partial charge in [0.05, 0.1) is 16.4 Å². The normalized spacial score (nSPS) is 13.3. The second-order valence-corrected chi connectivity index (χ2v) is 5.63. The van der Waals surface area contributed by atoms with E-state index in [9.17, 15) is 0 Å². The van der Waals surface area contributed by atoms with Crippen molar-refractivity contribution in [2.75, 3.05) is 6.54 Å². The van der Waals surface area contributed by atoms with Crippen LogP contribution in [0.25, 0.3) is 0 Å². The van der Waals surface area contributed by atoms with Crippen molar-refractivity contribution in [1.82, 2.24) is 15.1 Å². The van der Waals surface area contributed by atoms with Crippen LogP contribution >= 0.6 is 23.2 Å². The quantitative estimate of drug-likeness (QED) is 0.779. The molecule has 104 valence electrons. The maximum Gasteiger partial charge on any atom is 0.0860 e. The minimum absolute atomic E-state index is 0.174. The molecule has 0 spiro atoms. The van der Waals surface area contributed by atoms with Gasteiger partial charge in [-0.2, -0.15) is 5.10 Å². The van der Waals surface area contributed by atoms with Gasteiger partial charge in [-0.3, -0.25) is 4.68 Å². The summed E-state index contributed by atoms with van der Waals surface area (Å²) < 4.78 is 1.82. The molecular formula is C13H23Cl2N3. The predicted molar refractivity (Wildman–Crippen MR) is 78.4 cm³/mol. The zero-order chi connectivity index (χ0) is 13.7. The van der Waals surface area contributed by atoms with E-state index in [0.29, 0.717) is 12.5 Å². The molecule has 0 aliphatic carbocycles. The fourth-order valence-electron chi connectivity index (χ4n) is 2.17. The Morgan fingerprint density at radius 2 is 1.94 bits per heavy atom. The number of nitrogens with one attached hydrogen (secondary N) is 1. The first-order valence-corrected chi connectivity index (χ1v) is 7.35. The van der Waals surface area contributed by atoms with Gasteiger partial charge in [-0.1, -0.05) is 38.3 Å². The number of hydrogen-bond acceptors (Lipinski definition) is 2. The van der Waals surface area contributed by atoms with E-state index in [1.165, 1.54) is 0 Å². The molecule has 0 bridgehead atoms. The van der Waals surface area contributed by atoms with Gasteiger partial charge in [0.2, 0.25) is 0 Å². The van der Waals surface area contributed by atoms with E-state index in [0.717, 1.165) is 35.8 Å². The highest BCUT2D eigenvalue weighted by Crippen LogP contribution is 2.20. The summed E-state index contributed by atoms with van der Waals surface area (Å²) >= 11 is 12.6. The minimum atomic E-state index is 0.174. The molecule has 1 unspecified atom stereocenters. The van der Waals surface area contributed by atoms with Gasteiger partial charge in [-0.15, -0.1) is 11.6 Å². The van der Waals surface area contributed by atoms with Crippen LogP contribution in [0.5, 0.6) is 0 Å². The van der Waals surface area contributed by atoms with Crippen LogP contribution in [0.2, 0.25) is 5.02 Å². The van der Waals surface area contributed by atoms with Crippen LogP contribution in [0.3, 0.4) is 0 Å². The lowest BCUT2D eigenvalue weighted by atomic mass is 9.99. The number of halogens is 2. The molecule has 0 radical (unpaired) electrons. The van der Waals surface area contributed by atoms with E-state index in [1.54, 1.807) is 0 Å². The topological polar surface area (TPSA) is 29.9 Å². The number of aromatic nitrogens is 2. The summed E-state index contributed by atoms with van der Waals surface area (Å²) in [6.07, 6.45) is 2.25. The van der Waals surface area contributed by atoms with Gasteiger partial charge in [0, 0.05) is 25.5 Å². The Kier molecular flexibility index (Phi) is 6.47. The van der Waals surface area contributed by atoms with Crippen LogP contribution in [-0.4, -0.2) is 21.7 Å². The summed E-state index contributed by atoms with van der Waals surface area (Å²) in [6, 6.07) is 0. The lowest BCUT2D eigenvalue weighted by molar-refractivity contribution is 0.443. The fourth-order valence-corrected chi connectivity index (χ4v) is 2.86. The average molecular weight is 292 g/mol. The van der Waals surface area contributed by atoms with Crippen LogP contribution in [0.4, 0.5) is 0 Å². The number of hydrogen-bond donors (Lipinski definition) is 1. The SMILES string of the molecule is CCC(CC)C(Cl)CNCc1c(Cl)c(C)nn1C. The molecule has 1 atom stereocenters. The molecule has 1 aromatic heterocycles. The number of alkyl halides is 1. The van der Waals surface area contributed by atoms with Crippen LogP contribution < -0.4 is 5.32 Å². The number of rotatable bonds is 7. The van der Waals surface area contributed by atoms with Gasteiger partial charge in [0.25, 0.3) is 0 Å². The highest BCUT2D eigenvalue weighted by atomic mass is 35.5. The third kappa shape index (κ3) is 3.87. The van der Waals surface area contributed by atoms with E-state index in [1.807, 2.05) is 18.7 Å². The summed E-state index contributed by atoms with van der Waals surface area (Å²) in [6.45, 7) is 7.80. The molecule has 5 heteroatoms. The van der Waals surface area contributed by atoms with Gasteiger partial charge >= 0.3 is 0 Å². The van der Waals surface area contributed by atoms with Crippen LogP contribution in [0, 0.1) is 12.8 Å². The lowest BCUT2D eigenvalue weighted by Gasteiger charge is -2.19. The molecule has 0 aliphatic heterocycles. The average Bonchev–Trinajstić information content (AvgIpc) is 2.57. The number of nitrogens with zero attached hydrogens (tertiary/aromatic N) is 2. The van der Waals surface area contributed by atoms with E-state index in [4.69, 9.17) is 23.2 Å². The molecule has 1 N–H and O–H groups in total. The highest BCUT2D eigenvalue weighted by molar-refractivity contribution is 6.31. The Bertz CT molecular complexity index is 373. The molecule has 18 heavy (non-hydrogen) atoms. The molecule has 1 rings (SSSR count). The van der Waals surface area contributed by atoms with Crippen molar-refractivity contribution in [3.05, 3.63) is 16.4 Å². The van der Waals surface area contributed by atoms with Gasteiger partial charge in [0.15, 0.2) is 0 Å². The second kappa shape index (κ2) is 7.37. The molecule has 1 aromatic rings. The van der Waals surface area contributed by atoms with Gasteiger partial charge in [-0.25, -0.2) is 0 Å². The summed E-state index contributed by atoms with van der Waals surface area (Å²) in [5, 5.41) is 8.58. The van der Waals surface area contributed by atoms with Gasteiger partial charge in [-0.05, 0) is 12.8 Å². The first-order valence-electron chi connectivity index (χ1n) is 6.53. The maximum absolute atomic E-state index is 6.38. The molecule has 0 aliphatic rings. The highest BCUT2D eigenvalue weighted by Gasteiger charge is 2.16. The molecule has 0 amide bonds. The zero-order valence-corrected chi connectivity index (χ0v) is 13.1. The largest absolute Gasteiger partial charge is 0.310 e. The standard InChI is InChI=1S/C13H23Cl2N3/c1-5-10(6-2)11(14)7-16-8-12-13(15)9(3)17-18(12)4/h10-11,16H,5-8H2,1-4H3. The van der Waals surface area contributed by atoms with Crippen molar-refractivity contribution >= 4 is 23.2 Å². The third-order valence-electron chi connectivity index (χ3n) is 3.45. The summed E-state index contributed by atoms with van der Waals surface area (Å²) in [7, 11) is 1.91. The maximum atomic E-state index is 6.38. The fraction of sp³-hybridized carbons (Fsp3) is 0.769. The van der Waals surface area contributed by atoms with E-state index in [2.05, 4.69) is 24.3 Å². The Labute approximate surface area is 120 Å². The Morgan fingerprint density at radius 1 is 1.33 bits per heavy atom. The van der Waals surface area contributed by atoms with Gasteiger partial charge in [0.1, 0.15) is 0 Å². The minimum Gasteiger partial charge on any atom is -0.310 e. The van der Waals surface area contributed by atoms with Crippen LogP contribution in [-0.2, 0) is 13.6 Å². The monoisotopic (exact) mass is 291 g/mol.